The summed E-state index contributed by atoms with van der Waals surface area (Å²) in [4.78, 5) is 11.1. The first kappa shape index (κ1) is 11.9. The largest absolute Gasteiger partial charge is 0.440 e. The third-order valence-corrected chi connectivity index (χ3v) is 2.89. The second-order valence-electron chi connectivity index (χ2n) is 2.49. The summed E-state index contributed by atoms with van der Waals surface area (Å²) < 4.78 is 37.4. The number of nitriles is 1. The van der Waals surface area contributed by atoms with Crippen LogP contribution >= 0.6 is 12.2 Å². The molecule has 78 valence electrons. The smallest absolute Gasteiger partial charge is 0.345 e. The SMILES string of the molecule is N#Cn1c(=O)c(C(F)(F)F)n[n]([AlH2])c1=S. The van der Waals surface area contributed by atoms with Gasteiger partial charge < -0.3 is 3.67 Å². The molecule has 10 heteroatoms. The first-order chi connectivity index (χ1) is 6.79. The van der Waals surface area contributed by atoms with Gasteiger partial charge in [-0.15, -0.1) is 0 Å². The molecule has 0 atom stereocenters. The minimum atomic E-state index is -4.88. The highest BCUT2D eigenvalue weighted by Crippen LogP contribution is 2.24. The van der Waals surface area contributed by atoms with E-state index in [2.05, 4.69) is 17.3 Å². The van der Waals surface area contributed by atoms with Gasteiger partial charge in [-0.05, 0) is 12.2 Å². The standard InChI is InChI=1S/C5HF3N4OS.Al.2H/c6-5(7,8)2-3(13)12(1-9)4(14)11-10-2;;;/h(H,11,13,14);;;/q;+1;;/p-1. The van der Waals surface area contributed by atoms with Crippen LogP contribution in [-0.4, -0.2) is 29.8 Å². The van der Waals surface area contributed by atoms with Crippen molar-refractivity contribution >= 4 is 28.7 Å². The highest BCUT2D eigenvalue weighted by molar-refractivity contribution is 7.71. The van der Waals surface area contributed by atoms with Gasteiger partial charge >= 0.3 is 22.7 Å². The fraction of sp³-hybridized carbons (Fsp3) is 0.200. The quantitative estimate of drug-likeness (QED) is 0.461. The number of rotatable bonds is 0. The van der Waals surface area contributed by atoms with Crippen molar-refractivity contribution in [2.75, 3.05) is 0 Å². The van der Waals surface area contributed by atoms with Crippen LogP contribution in [0, 0.1) is 16.2 Å². The van der Waals surface area contributed by atoms with E-state index in [0.717, 1.165) is 3.67 Å². The van der Waals surface area contributed by atoms with Crippen molar-refractivity contribution in [3.63, 3.8) is 0 Å². The van der Waals surface area contributed by atoms with Gasteiger partial charge in [0, 0.05) is 0 Å². The fourth-order valence-corrected chi connectivity index (χ4v) is 1.40. The first-order valence-corrected chi connectivity index (χ1v) is 4.77. The molecule has 0 amide bonds. The molecule has 0 radical (unpaired) electrons. The molecule has 1 rings (SSSR count). The summed E-state index contributed by atoms with van der Waals surface area (Å²) in [6.07, 6.45) is -3.61. The highest BCUT2D eigenvalue weighted by atomic mass is 32.1. The molecule has 0 saturated carbocycles. The van der Waals surface area contributed by atoms with E-state index < -0.39 is 17.4 Å². The van der Waals surface area contributed by atoms with Gasteiger partial charge in [0.2, 0.25) is 5.69 Å². The fourth-order valence-electron chi connectivity index (χ4n) is 0.839. The summed E-state index contributed by atoms with van der Waals surface area (Å²) in [5.74, 6) is 0. The maximum absolute atomic E-state index is 12.3. The number of nitrogens with zero attached hydrogens (tertiary/aromatic N) is 4. The van der Waals surface area contributed by atoms with Gasteiger partial charge in [0.15, 0.2) is 11.0 Å². The Morgan fingerprint density at radius 2 is 2.07 bits per heavy atom. The van der Waals surface area contributed by atoms with Gasteiger partial charge in [-0.25, -0.2) is 0 Å². The van der Waals surface area contributed by atoms with Crippen molar-refractivity contribution in [1.29, 1.82) is 5.26 Å². The predicted octanol–water partition coefficient (Wildman–Crippen LogP) is -0.482. The van der Waals surface area contributed by atoms with E-state index in [-0.39, 0.29) is 25.8 Å². The van der Waals surface area contributed by atoms with Gasteiger partial charge in [-0.1, -0.05) is 0 Å². The molecule has 0 aliphatic carbocycles. The molecule has 1 aromatic heterocycles. The van der Waals surface area contributed by atoms with E-state index in [0.29, 0.717) is 0 Å². The zero-order valence-corrected chi connectivity index (χ0v) is 10.1. The van der Waals surface area contributed by atoms with E-state index in [4.69, 9.17) is 5.26 Å². The number of halogens is 3. The minimum absolute atomic E-state index is 0.0500. The van der Waals surface area contributed by atoms with Crippen LogP contribution in [0.2, 0.25) is 0 Å². The van der Waals surface area contributed by atoms with E-state index >= 15 is 0 Å². The lowest BCUT2D eigenvalue weighted by atomic mass is 10.4. The number of aromatic nitrogens is 3. The summed E-state index contributed by atoms with van der Waals surface area (Å²) in [6.45, 7) is 0. The van der Waals surface area contributed by atoms with Crippen molar-refractivity contribution in [2.24, 2.45) is 0 Å². The summed E-state index contributed by atoms with van der Waals surface area (Å²) >= 11 is 4.62. The molecule has 0 bridgehead atoms. The molecule has 15 heavy (non-hydrogen) atoms. The lowest BCUT2D eigenvalue weighted by molar-refractivity contribution is -0.143. The molecule has 0 N–H and O–H groups in total. The lowest BCUT2D eigenvalue weighted by Gasteiger charge is -2.08. The van der Waals surface area contributed by atoms with Crippen LogP contribution in [0.4, 0.5) is 13.2 Å². The molecular weight excluding hydrogens is 248 g/mol. The molecule has 1 heterocycles. The highest BCUT2D eigenvalue weighted by Gasteiger charge is 2.37. The van der Waals surface area contributed by atoms with E-state index in [1.807, 2.05) is 0 Å². The lowest BCUT2D eigenvalue weighted by Crippen LogP contribution is -2.33. The Morgan fingerprint density at radius 1 is 1.53 bits per heavy atom. The van der Waals surface area contributed by atoms with Crippen molar-refractivity contribution in [3.05, 3.63) is 20.8 Å². The van der Waals surface area contributed by atoms with Crippen molar-refractivity contribution < 1.29 is 13.2 Å². The number of alkyl halides is 3. The first-order valence-electron chi connectivity index (χ1n) is 3.46. The average molecular weight is 250 g/mol. The van der Waals surface area contributed by atoms with Crippen LogP contribution in [0.15, 0.2) is 4.79 Å². The van der Waals surface area contributed by atoms with Gasteiger partial charge in [0.25, 0.3) is 5.56 Å². The topological polar surface area (TPSA) is 63.6 Å². The summed E-state index contributed by atoms with van der Waals surface area (Å²) in [5, 5.41) is 11.5. The molecule has 0 aliphatic heterocycles. The molecule has 5 nitrogen and oxygen atoms in total. The van der Waals surface area contributed by atoms with Crippen LogP contribution in [-0.2, 0) is 6.18 Å². The van der Waals surface area contributed by atoms with Gasteiger partial charge in [0.1, 0.15) is 0 Å². The Bertz CT molecular complexity index is 553. The van der Waals surface area contributed by atoms with Gasteiger partial charge in [0.05, 0.1) is 0 Å². The van der Waals surface area contributed by atoms with E-state index in [9.17, 15) is 18.0 Å². The zero-order chi connectivity index (χ0) is 11.8. The molecule has 0 spiro atoms. The van der Waals surface area contributed by atoms with Crippen molar-refractivity contribution in [2.45, 2.75) is 6.18 Å². The van der Waals surface area contributed by atoms with Crippen LogP contribution in [0.25, 0.3) is 0 Å². The van der Waals surface area contributed by atoms with Crippen LogP contribution in [0.3, 0.4) is 0 Å². The Morgan fingerprint density at radius 3 is 2.47 bits per heavy atom. The summed E-state index contributed by atoms with van der Waals surface area (Å²) in [5.41, 5.74) is -3.17. The molecule has 0 aromatic carbocycles. The zero-order valence-electron chi connectivity index (χ0n) is 7.24. The van der Waals surface area contributed by atoms with E-state index in [1.54, 1.807) is 0 Å². The predicted molar refractivity (Wildman–Crippen MR) is 47.3 cm³/mol. The van der Waals surface area contributed by atoms with Crippen LogP contribution in [0.5, 0.6) is 0 Å². The molecule has 1 aromatic rings. The van der Waals surface area contributed by atoms with Crippen LogP contribution < -0.4 is 5.56 Å². The Balaban J connectivity index is 3.77. The van der Waals surface area contributed by atoms with Crippen LogP contribution in [0.1, 0.15) is 5.69 Å². The maximum atomic E-state index is 12.3. The average Bonchev–Trinajstić information content (AvgIpc) is 2.10. The van der Waals surface area contributed by atoms with E-state index in [1.165, 1.54) is 6.19 Å². The number of hydrogen-bond donors (Lipinski definition) is 0. The minimum Gasteiger partial charge on any atom is -0.345 e. The molecular formula is C5H2AlF3N4OS. The Hall–Kier alpha value is -1.16. The maximum Gasteiger partial charge on any atom is 0.440 e. The normalized spacial score (nSPS) is 11.1. The summed E-state index contributed by atoms with van der Waals surface area (Å²) in [7, 11) is 0. The summed E-state index contributed by atoms with van der Waals surface area (Å²) in [6, 6.07) is 0. The molecule has 0 fully saturated rings. The second kappa shape index (κ2) is 3.78. The Labute approximate surface area is 94.0 Å². The Kier molecular flexibility index (Phi) is 3.00. The van der Waals surface area contributed by atoms with Crippen molar-refractivity contribution in [1.82, 2.24) is 13.3 Å². The molecule has 0 unspecified atom stereocenters. The third kappa shape index (κ3) is 2.10. The second-order valence-corrected chi connectivity index (χ2v) is 3.71. The molecule has 0 aliphatic rings. The van der Waals surface area contributed by atoms with Gasteiger partial charge in [-0.2, -0.15) is 28.1 Å². The molecule has 0 saturated heterocycles. The van der Waals surface area contributed by atoms with Gasteiger partial charge in [-0.3, -0.25) is 4.79 Å². The number of hydrogen-bond acceptors (Lipinski definition) is 4. The third-order valence-electron chi connectivity index (χ3n) is 1.49. The monoisotopic (exact) mass is 250 g/mol. The van der Waals surface area contributed by atoms with Crippen molar-refractivity contribution in [3.8, 4) is 6.19 Å².